The van der Waals surface area contributed by atoms with Crippen LogP contribution in [0.25, 0.3) is 0 Å². The lowest BCUT2D eigenvalue weighted by Crippen LogP contribution is -2.41. The van der Waals surface area contributed by atoms with E-state index in [1.54, 1.807) is 12.1 Å². The number of sulfonamides is 1. The van der Waals surface area contributed by atoms with Crippen LogP contribution in [0.3, 0.4) is 0 Å². The average molecular weight is 459 g/mol. The summed E-state index contributed by atoms with van der Waals surface area (Å²) in [5.41, 5.74) is 1.74. The van der Waals surface area contributed by atoms with Crippen LogP contribution >= 0.6 is 23.2 Å². The minimum absolute atomic E-state index is 0.0513. The van der Waals surface area contributed by atoms with Gasteiger partial charge in [0, 0.05) is 21.7 Å². The van der Waals surface area contributed by atoms with Gasteiger partial charge in [-0.05, 0) is 55.2 Å². The Bertz CT molecular complexity index is 1040. The van der Waals surface area contributed by atoms with E-state index in [4.69, 9.17) is 33.1 Å². The van der Waals surface area contributed by atoms with Crippen molar-refractivity contribution in [1.29, 1.82) is 0 Å². The van der Waals surface area contributed by atoms with E-state index in [9.17, 15) is 12.8 Å². The number of halogens is 3. The molecule has 2 atom stereocenters. The molecule has 0 spiro atoms. The molecule has 1 fully saturated rings. The number of benzene rings is 2. The highest BCUT2D eigenvalue weighted by atomic mass is 35.5. The van der Waals surface area contributed by atoms with E-state index in [1.165, 1.54) is 25.0 Å². The summed E-state index contributed by atoms with van der Waals surface area (Å²) in [7, 11) is -4.00. The Morgan fingerprint density at radius 2 is 1.86 bits per heavy atom. The van der Waals surface area contributed by atoms with Crippen molar-refractivity contribution in [3.05, 3.63) is 57.3 Å². The summed E-state index contributed by atoms with van der Waals surface area (Å²) in [6, 6.07) is 7.15. The van der Waals surface area contributed by atoms with Crippen LogP contribution in [-0.4, -0.2) is 20.5 Å². The van der Waals surface area contributed by atoms with Gasteiger partial charge in [-0.15, -0.1) is 0 Å². The summed E-state index contributed by atoms with van der Waals surface area (Å²) in [4.78, 5) is -0.305. The number of ether oxygens (including phenoxy) is 1. The minimum Gasteiger partial charge on any atom is -0.481 e. The van der Waals surface area contributed by atoms with Gasteiger partial charge >= 0.3 is 0 Å². The van der Waals surface area contributed by atoms with E-state index in [1.807, 2.05) is 0 Å². The third-order valence-corrected chi connectivity index (χ3v) is 7.05. The van der Waals surface area contributed by atoms with Gasteiger partial charge in [-0.1, -0.05) is 36.0 Å². The van der Waals surface area contributed by atoms with Crippen LogP contribution in [0.5, 0.6) is 5.75 Å². The lowest BCUT2D eigenvalue weighted by atomic mass is 10.1. The molecule has 1 saturated carbocycles. The van der Waals surface area contributed by atoms with Crippen LogP contribution in [-0.2, 0) is 16.4 Å². The van der Waals surface area contributed by atoms with E-state index in [2.05, 4.69) is 5.32 Å². The largest absolute Gasteiger partial charge is 0.481 e. The molecule has 5 nitrogen and oxygen atoms in total. The second-order valence-electron chi connectivity index (χ2n) is 7.59. The molecule has 9 heteroatoms. The summed E-state index contributed by atoms with van der Waals surface area (Å²) >= 11 is 12.6. The van der Waals surface area contributed by atoms with Crippen LogP contribution < -0.4 is 15.2 Å². The molecule has 3 N–H and O–H groups in total. The maximum Gasteiger partial charge on any atom is 0.238 e. The van der Waals surface area contributed by atoms with E-state index in [0.717, 1.165) is 30.0 Å². The standard InChI is InChI=1S/C20H21Cl2FN2O3S/c21-11-7-15-14(16(22)8-11)10-18(25-12-3-1-2-4-12)20(15)28-19-6-5-13(9-17(19)23)29(24,26)27/h5-9,12,18,20,25H,1-4,10H2,(H2,24,26,27)/t18-,20-/m0/s1. The molecule has 156 valence electrons. The molecule has 0 amide bonds. The fraction of sp³-hybridized carbons (Fsp3) is 0.400. The fourth-order valence-electron chi connectivity index (χ4n) is 4.21. The molecule has 0 unspecified atom stereocenters. The highest BCUT2D eigenvalue weighted by Gasteiger charge is 2.38. The Balaban J connectivity index is 1.67. The average Bonchev–Trinajstić information content (AvgIpc) is 3.25. The van der Waals surface area contributed by atoms with E-state index < -0.39 is 21.9 Å². The van der Waals surface area contributed by atoms with Crippen LogP contribution in [0.15, 0.2) is 35.2 Å². The van der Waals surface area contributed by atoms with Gasteiger partial charge in [0.05, 0.1) is 10.9 Å². The van der Waals surface area contributed by atoms with Gasteiger partial charge in [-0.2, -0.15) is 0 Å². The topological polar surface area (TPSA) is 81.4 Å². The van der Waals surface area contributed by atoms with Crippen molar-refractivity contribution in [1.82, 2.24) is 5.32 Å². The van der Waals surface area contributed by atoms with E-state index in [0.29, 0.717) is 22.5 Å². The first-order chi connectivity index (χ1) is 13.7. The Hall–Kier alpha value is -1.38. The van der Waals surface area contributed by atoms with Crippen molar-refractivity contribution in [3.8, 4) is 5.75 Å². The first-order valence-corrected chi connectivity index (χ1v) is 11.8. The van der Waals surface area contributed by atoms with Crippen LogP contribution in [0.4, 0.5) is 4.39 Å². The number of primary sulfonamides is 1. The predicted molar refractivity (Wildman–Crippen MR) is 110 cm³/mol. The molecule has 2 aliphatic carbocycles. The Morgan fingerprint density at radius 3 is 2.52 bits per heavy atom. The first kappa shape index (κ1) is 20.9. The number of hydrogen-bond donors (Lipinski definition) is 2. The van der Waals surface area contributed by atoms with Crippen LogP contribution in [0.2, 0.25) is 10.0 Å². The quantitative estimate of drug-likeness (QED) is 0.697. The molecular weight excluding hydrogens is 438 g/mol. The lowest BCUT2D eigenvalue weighted by molar-refractivity contribution is 0.153. The summed E-state index contributed by atoms with van der Waals surface area (Å²) in [6.45, 7) is 0. The molecule has 4 rings (SSSR count). The number of nitrogens with one attached hydrogen (secondary N) is 1. The molecule has 0 radical (unpaired) electrons. The van der Waals surface area contributed by atoms with Gasteiger partial charge in [-0.25, -0.2) is 17.9 Å². The zero-order valence-electron chi connectivity index (χ0n) is 15.5. The monoisotopic (exact) mass is 458 g/mol. The Labute approximate surface area is 179 Å². The molecule has 0 heterocycles. The molecule has 2 aliphatic rings. The van der Waals surface area contributed by atoms with Gasteiger partial charge in [0.15, 0.2) is 11.6 Å². The van der Waals surface area contributed by atoms with Crippen molar-refractivity contribution in [2.45, 2.75) is 55.2 Å². The zero-order chi connectivity index (χ0) is 20.8. The SMILES string of the molecule is NS(=O)(=O)c1ccc(O[C@H]2c3cc(Cl)cc(Cl)c3C[C@@H]2NC2CCCC2)c(F)c1. The summed E-state index contributed by atoms with van der Waals surface area (Å²) in [5, 5.41) is 9.74. The molecule has 2 aromatic carbocycles. The normalized spacial score (nSPS) is 22.1. The van der Waals surface area contributed by atoms with E-state index in [-0.39, 0.29) is 16.7 Å². The highest BCUT2D eigenvalue weighted by molar-refractivity contribution is 7.89. The number of hydrogen-bond acceptors (Lipinski definition) is 4. The third kappa shape index (κ3) is 4.39. The maximum absolute atomic E-state index is 14.6. The summed E-state index contributed by atoms with van der Waals surface area (Å²) in [5.74, 6) is -0.845. The smallest absolute Gasteiger partial charge is 0.238 e. The minimum atomic E-state index is -4.00. The molecule has 2 aromatic rings. The molecular formula is C20H21Cl2FN2O3S. The third-order valence-electron chi connectivity index (χ3n) is 5.58. The van der Waals surface area contributed by atoms with Gasteiger partial charge < -0.3 is 10.1 Å². The molecule has 0 aromatic heterocycles. The summed E-state index contributed by atoms with van der Waals surface area (Å²) < 4.78 is 43.5. The Kier molecular flexibility index (Phi) is 5.79. The molecule has 0 saturated heterocycles. The summed E-state index contributed by atoms with van der Waals surface area (Å²) in [6.07, 6.45) is 4.68. The fourth-order valence-corrected chi connectivity index (χ4v) is 5.33. The number of fused-ring (bicyclic) bond motifs is 1. The van der Waals surface area contributed by atoms with Gasteiger partial charge in [0.1, 0.15) is 6.10 Å². The van der Waals surface area contributed by atoms with Crippen molar-refractivity contribution in [3.63, 3.8) is 0 Å². The van der Waals surface area contributed by atoms with Gasteiger partial charge in [0.25, 0.3) is 0 Å². The zero-order valence-corrected chi connectivity index (χ0v) is 17.8. The molecule has 0 bridgehead atoms. The van der Waals surface area contributed by atoms with Crippen molar-refractivity contribution in [2.75, 3.05) is 0 Å². The van der Waals surface area contributed by atoms with Gasteiger partial charge in [0.2, 0.25) is 10.0 Å². The second-order valence-corrected chi connectivity index (χ2v) is 9.99. The van der Waals surface area contributed by atoms with Crippen molar-refractivity contribution in [2.24, 2.45) is 5.14 Å². The highest BCUT2D eigenvalue weighted by Crippen LogP contribution is 2.41. The van der Waals surface area contributed by atoms with Crippen molar-refractivity contribution < 1.29 is 17.5 Å². The Morgan fingerprint density at radius 1 is 1.14 bits per heavy atom. The van der Waals surface area contributed by atoms with Crippen LogP contribution in [0.1, 0.15) is 42.9 Å². The predicted octanol–water partition coefficient (Wildman–Crippen LogP) is 4.36. The molecule has 29 heavy (non-hydrogen) atoms. The first-order valence-electron chi connectivity index (χ1n) is 9.45. The number of nitrogens with two attached hydrogens (primary N) is 1. The number of rotatable bonds is 5. The second kappa shape index (κ2) is 8.04. The van der Waals surface area contributed by atoms with E-state index >= 15 is 0 Å². The van der Waals surface area contributed by atoms with Crippen LogP contribution in [0, 0.1) is 5.82 Å². The van der Waals surface area contributed by atoms with Gasteiger partial charge in [-0.3, -0.25) is 0 Å². The lowest BCUT2D eigenvalue weighted by Gasteiger charge is -2.26. The maximum atomic E-state index is 14.6. The molecule has 0 aliphatic heterocycles. The van der Waals surface area contributed by atoms with Crippen molar-refractivity contribution >= 4 is 33.2 Å².